The molecule has 0 saturated carbocycles. The van der Waals surface area contributed by atoms with Crippen molar-refractivity contribution in [3.8, 4) is 11.5 Å². The molecule has 2 aromatic rings. The molecule has 1 aliphatic heterocycles. The highest BCUT2D eigenvalue weighted by Gasteiger charge is 2.22. The zero-order valence-electron chi connectivity index (χ0n) is 13.3. The molecule has 3 N–H and O–H groups in total. The zero-order chi connectivity index (χ0) is 17.1. The molecule has 0 radical (unpaired) electrons. The number of aromatic amines is 1. The monoisotopic (exact) mass is 338 g/mol. The number of nitrogens with one attached hydrogen (secondary N) is 3. The van der Waals surface area contributed by atoms with E-state index in [-0.39, 0.29) is 17.5 Å². The molecule has 0 bridgehead atoms. The molecule has 1 atom stereocenters. The average Bonchev–Trinajstić information content (AvgIpc) is 3.02. The Balaban J connectivity index is 1.87. The summed E-state index contributed by atoms with van der Waals surface area (Å²) in [5.41, 5.74) is 0.745. The number of anilines is 1. The number of aromatic nitrogens is 2. The number of hydrogen-bond donors (Lipinski definition) is 3. The van der Waals surface area contributed by atoms with Gasteiger partial charge in [-0.1, -0.05) is 6.07 Å². The molecular formula is C16H20F2N4O2. The number of nitrogens with zero attached hydrogens (tertiary/aromatic N) is 1. The molecule has 24 heavy (non-hydrogen) atoms. The van der Waals surface area contributed by atoms with Crippen LogP contribution >= 0.6 is 0 Å². The minimum atomic E-state index is -2.59. The summed E-state index contributed by atoms with van der Waals surface area (Å²) in [5.74, 6) is -0.178. The van der Waals surface area contributed by atoms with Crippen LogP contribution in [0.3, 0.4) is 0 Å². The molecule has 1 aromatic carbocycles. The molecule has 130 valence electrons. The van der Waals surface area contributed by atoms with Gasteiger partial charge in [0.1, 0.15) is 0 Å². The second-order valence-electron chi connectivity index (χ2n) is 6.04. The van der Waals surface area contributed by atoms with E-state index in [4.69, 9.17) is 4.42 Å². The first-order valence-corrected chi connectivity index (χ1v) is 8.00. The van der Waals surface area contributed by atoms with Crippen LogP contribution in [0.4, 0.5) is 14.5 Å². The van der Waals surface area contributed by atoms with E-state index in [1.807, 2.05) is 6.92 Å². The minimum Gasteiger partial charge on any atom is -0.388 e. The van der Waals surface area contributed by atoms with E-state index in [0.717, 1.165) is 25.9 Å². The van der Waals surface area contributed by atoms with Crippen LogP contribution in [-0.4, -0.2) is 29.3 Å². The van der Waals surface area contributed by atoms with Crippen molar-refractivity contribution in [2.24, 2.45) is 5.92 Å². The van der Waals surface area contributed by atoms with Crippen molar-refractivity contribution in [3.05, 3.63) is 34.3 Å². The maximum atomic E-state index is 13.3. The first kappa shape index (κ1) is 16.6. The van der Waals surface area contributed by atoms with Crippen molar-refractivity contribution >= 4 is 5.69 Å². The van der Waals surface area contributed by atoms with Crippen LogP contribution in [0.25, 0.3) is 11.5 Å². The maximum absolute atomic E-state index is 13.3. The summed E-state index contributed by atoms with van der Waals surface area (Å²) in [6.45, 7) is 3.89. The predicted molar refractivity (Wildman–Crippen MR) is 86.2 cm³/mol. The number of rotatable bonds is 5. The fourth-order valence-electron chi connectivity index (χ4n) is 3.07. The van der Waals surface area contributed by atoms with Gasteiger partial charge >= 0.3 is 5.76 Å². The van der Waals surface area contributed by atoms with Crippen molar-refractivity contribution < 1.29 is 13.2 Å². The van der Waals surface area contributed by atoms with Crippen LogP contribution in [0, 0.1) is 5.92 Å². The lowest BCUT2D eigenvalue weighted by molar-refractivity contribution is 0.152. The Labute approximate surface area is 137 Å². The molecular weight excluding hydrogens is 318 g/mol. The molecule has 0 spiro atoms. The smallest absolute Gasteiger partial charge is 0.388 e. The second-order valence-corrected chi connectivity index (χ2v) is 6.04. The largest absolute Gasteiger partial charge is 0.434 e. The van der Waals surface area contributed by atoms with Gasteiger partial charge in [-0.15, -0.1) is 5.10 Å². The maximum Gasteiger partial charge on any atom is 0.434 e. The molecule has 2 heterocycles. The highest BCUT2D eigenvalue weighted by atomic mass is 19.3. The van der Waals surface area contributed by atoms with E-state index >= 15 is 0 Å². The Kier molecular flexibility index (Phi) is 4.94. The van der Waals surface area contributed by atoms with E-state index < -0.39 is 12.2 Å². The molecule has 3 rings (SSSR count). The van der Waals surface area contributed by atoms with Crippen LogP contribution in [0.5, 0.6) is 0 Å². The van der Waals surface area contributed by atoms with Crippen molar-refractivity contribution in [1.82, 2.24) is 15.5 Å². The number of alkyl halides is 2. The Hall–Kier alpha value is -2.22. The van der Waals surface area contributed by atoms with E-state index in [1.54, 1.807) is 6.07 Å². The Morgan fingerprint density at radius 2 is 2.08 bits per heavy atom. The van der Waals surface area contributed by atoms with E-state index in [2.05, 4.69) is 20.8 Å². The van der Waals surface area contributed by atoms with E-state index in [9.17, 15) is 13.6 Å². The van der Waals surface area contributed by atoms with Gasteiger partial charge in [0.15, 0.2) is 0 Å². The molecule has 1 fully saturated rings. The standard InChI is InChI=1S/C16H20F2N4O2/c1-9(10-4-6-19-7-5-10)20-13-8-11(2-3-12(13)14(17)18)15-21-22-16(23)24-15/h2-3,8-10,14,19-20H,4-7H2,1H3,(H,22,23). The Morgan fingerprint density at radius 1 is 1.33 bits per heavy atom. The van der Waals surface area contributed by atoms with E-state index in [1.165, 1.54) is 12.1 Å². The van der Waals surface area contributed by atoms with Crippen LogP contribution < -0.4 is 16.4 Å². The third-order valence-corrected chi connectivity index (χ3v) is 4.45. The summed E-state index contributed by atoms with van der Waals surface area (Å²) in [5, 5.41) is 12.4. The molecule has 1 saturated heterocycles. The SMILES string of the molecule is CC(Nc1cc(-c2n[nH]c(=O)o2)ccc1C(F)F)C1CCNCC1. The number of halogens is 2. The zero-order valence-corrected chi connectivity index (χ0v) is 13.3. The molecule has 1 unspecified atom stereocenters. The summed E-state index contributed by atoms with van der Waals surface area (Å²) in [4.78, 5) is 11.1. The fourth-order valence-corrected chi connectivity index (χ4v) is 3.07. The second kappa shape index (κ2) is 7.12. The normalized spacial score (nSPS) is 17.2. The Bertz CT molecular complexity index is 738. The third kappa shape index (κ3) is 3.64. The first-order chi connectivity index (χ1) is 11.5. The van der Waals surface area contributed by atoms with Crippen molar-refractivity contribution in [3.63, 3.8) is 0 Å². The lowest BCUT2D eigenvalue weighted by Crippen LogP contribution is -2.36. The van der Waals surface area contributed by atoms with Crippen LogP contribution in [0.2, 0.25) is 0 Å². The number of piperidine rings is 1. The predicted octanol–water partition coefficient (Wildman–Crippen LogP) is 2.77. The average molecular weight is 338 g/mol. The first-order valence-electron chi connectivity index (χ1n) is 8.00. The molecule has 6 nitrogen and oxygen atoms in total. The van der Waals surface area contributed by atoms with Gasteiger partial charge in [0.2, 0.25) is 5.89 Å². The van der Waals surface area contributed by atoms with Gasteiger partial charge in [-0.25, -0.2) is 18.7 Å². The van der Waals surface area contributed by atoms with Gasteiger partial charge in [0, 0.05) is 22.9 Å². The van der Waals surface area contributed by atoms with Gasteiger partial charge < -0.3 is 15.1 Å². The lowest BCUT2D eigenvalue weighted by Gasteiger charge is -2.30. The molecule has 0 aliphatic carbocycles. The van der Waals surface area contributed by atoms with Crippen molar-refractivity contribution in [2.75, 3.05) is 18.4 Å². The molecule has 1 aliphatic rings. The van der Waals surface area contributed by atoms with Gasteiger partial charge in [-0.05, 0) is 50.9 Å². The van der Waals surface area contributed by atoms with E-state index in [0.29, 0.717) is 17.2 Å². The summed E-state index contributed by atoms with van der Waals surface area (Å²) in [6.07, 6.45) is -0.578. The van der Waals surface area contributed by atoms with Crippen molar-refractivity contribution in [2.45, 2.75) is 32.2 Å². The summed E-state index contributed by atoms with van der Waals surface area (Å²) < 4.78 is 31.5. The van der Waals surface area contributed by atoms with Crippen LogP contribution in [-0.2, 0) is 0 Å². The van der Waals surface area contributed by atoms with Gasteiger partial charge in [0.05, 0.1) is 0 Å². The van der Waals surface area contributed by atoms with Crippen LogP contribution in [0.1, 0.15) is 31.8 Å². The van der Waals surface area contributed by atoms with Crippen molar-refractivity contribution in [1.29, 1.82) is 0 Å². The minimum absolute atomic E-state index is 0.0612. The highest BCUT2D eigenvalue weighted by molar-refractivity contribution is 5.65. The summed E-state index contributed by atoms with van der Waals surface area (Å²) in [6, 6.07) is 4.43. The number of benzene rings is 1. The van der Waals surface area contributed by atoms with Gasteiger partial charge in [-0.3, -0.25) is 0 Å². The quantitative estimate of drug-likeness (QED) is 0.781. The fraction of sp³-hybridized carbons (Fsp3) is 0.500. The van der Waals surface area contributed by atoms with Gasteiger partial charge in [0.25, 0.3) is 6.43 Å². The van der Waals surface area contributed by atoms with Gasteiger partial charge in [-0.2, -0.15) is 0 Å². The molecule has 1 aromatic heterocycles. The Morgan fingerprint density at radius 3 is 2.71 bits per heavy atom. The number of H-pyrrole nitrogens is 1. The summed E-state index contributed by atoms with van der Waals surface area (Å²) >= 11 is 0. The lowest BCUT2D eigenvalue weighted by atomic mass is 9.91. The third-order valence-electron chi connectivity index (χ3n) is 4.45. The molecule has 0 amide bonds. The molecule has 8 heteroatoms. The highest BCUT2D eigenvalue weighted by Crippen LogP contribution is 2.32. The topological polar surface area (TPSA) is 83.0 Å². The number of hydrogen-bond acceptors (Lipinski definition) is 5. The van der Waals surface area contributed by atoms with Crippen LogP contribution in [0.15, 0.2) is 27.4 Å². The summed E-state index contributed by atoms with van der Waals surface area (Å²) in [7, 11) is 0.